The molecule has 0 bridgehead atoms. The molecular weight excluding hydrogens is 512 g/mol. The van der Waals surface area contributed by atoms with Gasteiger partial charge in [-0.25, -0.2) is 14.6 Å². The van der Waals surface area contributed by atoms with Crippen LogP contribution >= 0.6 is 11.3 Å². The number of hydrogen-bond acceptors (Lipinski definition) is 9. The van der Waals surface area contributed by atoms with Gasteiger partial charge in [-0.15, -0.1) is 0 Å². The second-order valence-corrected chi connectivity index (χ2v) is 9.18. The first kappa shape index (κ1) is 26.7. The Hall–Kier alpha value is -4.38. The number of fused-ring (bicyclic) bond motifs is 1. The third kappa shape index (κ3) is 5.32. The first-order valence-corrected chi connectivity index (χ1v) is 12.4. The highest BCUT2D eigenvalue weighted by molar-refractivity contribution is 7.07. The lowest BCUT2D eigenvalue weighted by molar-refractivity contribution is -0.140. The molecular formula is C27H26N2O8S. The summed E-state index contributed by atoms with van der Waals surface area (Å²) < 4.78 is 23.2. The number of hydrogen-bond donors (Lipinski definition) is 1. The summed E-state index contributed by atoms with van der Waals surface area (Å²) in [6, 6.07) is 11.1. The summed E-state index contributed by atoms with van der Waals surface area (Å²) >= 11 is 1.20. The van der Waals surface area contributed by atoms with E-state index < -0.39 is 24.6 Å². The van der Waals surface area contributed by atoms with Crippen LogP contribution in [0.25, 0.3) is 6.08 Å². The van der Waals surface area contributed by atoms with Crippen molar-refractivity contribution in [1.29, 1.82) is 0 Å². The zero-order chi connectivity index (χ0) is 27.4. The molecule has 1 aromatic heterocycles. The lowest BCUT2D eigenvalue weighted by Crippen LogP contribution is -2.39. The number of thiazole rings is 1. The summed E-state index contributed by atoms with van der Waals surface area (Å²) in [4.78, 5) is 42.5. The number of carboxylic acids is 1. The van der Waals surface area contributed by atoms with Crippen LogP contribution in [0.4, 0.5) is 0 Å². The van der Waals surface area contributed by atoms with Gasteiger partial charge in [0.25, 0.3) is 5.56 Å². The van der Waals surface area contributed by atoms with Gasteiger partial charge in [0.15, 0.2) is 22.9 Å². The van der Waals surface area contributed by atoms with Crippen molar-refractivity contribution in [2.24, 2.45) is 4.99 Å². The molecule has 2 heterocycles. The number of ether oxygens (including phenoxy) is 4. The van der Waals surface area contributed by atoms with Crippen LogP contribution in [0.3, 0.4) is 0 Å². The third-order valence-corrected chi connectivity index (χ3v) is 6.76. The number of methoxy groups -OCH3 is 2. The molecule has 198 valence electrons. The van der Waals surface area contributed by atoms with Gasteiger partial charge in [-0.1, -0.05) is 29.5 Å². The van der Waals surface area contributed by atoms with Crippen LogP contribution < -0.4 is 29.1 Å². The van der Waals surface area contributed by atoms with Crippen molar-refractivity contribution in [2.75, 3.05) is 27.4 Å². The van der Waals surface area contributed by atoms with Crippen LogP contribution in [0.2, 0.25) is 0 Å². The molecule has 1 aliphatic rings. The molecule has 0 radical (unpaired) electrons. The van der Waals surface area contributed by atoms with E-state index in [-0.39, 0.29) is 17.7 Å². The summed E-state index contributed by atoms with van der Waals surface area (Å²) in [6.07, 6.45) is 1.71. The number of esters is 1. The fourth-order valence-corrected chi connectivity index (χ4v) is 5.13. The zero-order valence-electron chi connectivity index (χ0n) is 21.2. The van der Waals surface area contributed by atoms with Crippen LogP contribution in [0.1, 0.15) is 31.0 Å². The predicted octanol–water partition coefficient (Wildman–Crippen LogP) is 2.28. The highest BCUT2D eigenvalue weighted by atomic mass is 32.1. The molecule has 10 nitrogen and oxygen atoms in total. The number of rotatable bonds is 9. The Labute approximate surface area is 221 Å². The molecule has 4 rings (SSSR count). The summed E-state index contributed by atoms with van der Waals surface area (Å²) in [7, 11) is 3.04. The van der Waals surface area contributed by atoms with Gasteiger partial charge in [-0.05, 0) is 55.3 Å². The molecule has 0 aliphatic carbocycles. The summed E-state index contributed by atoms with van der Waals surface area (Å²) in [5.74, 6) is -0.265. The van der Waals surface area contributed by atoms with Crippen LogP contribution in [-0.2, 0) is 14.3 Å². The molecule has 1 unspecified atom stereocenters. The normalized spacial score (nSPS) is 14.9. The first-order valence-electron chi connectivity index (χ1n) is 11.6. The monoisotopic (exact) mass is 538 g/mol. The Balaban J connectivity index is 1.85. The molecule has 1 N–H and O–H groups in total. The number of allylic oxidation sites excluding steroid dienone is 1. The van der Waals surface area contributed by atoms with Crippen LogP contribution in [0.15, 0.2) is 63.5 Å². The lowest BCUT2D eigenvalue weighted by Gasteiger charge is -2.25. The van der Waals surface area contributed by atoms with E-state index in [1.54, 1.807) is 62.4 Å². The van der Waals surface area contributed by atoms with Crippen molar-refractivity contribution in [3.8, 4) is 17.2 Å². The lowest BCUT2D eigenvalue weighted by atomic mass is 9.95. The van der Waals surface area contributed by atoms with E-state index >= 15 is 0 Å². The molecule has 0 spiro atoms. The largest absolute Gasteiger partial charge is 0.493 e. The average Bonchev–Trinajstić information content (AvgIpc) is 3.21. The van der Waals surface area contributed by atoms with Crippen molar-refractivity contribution in [3.63, 3.8) is 0 Å². The predicted molar refractivity (Wildman–Crippen MR) is 140 cm³/mol. The smallest absolute Gasteiger partial charge is 0.341 e. The summed E-state index contributed by atoms with van der Waals surface area (Å²) in [6.45, 7) is 3.15. The number of carbonyl (C=O) groups excluding carboxylic acids is 1. The number of aromatic nitrogens is 1. The van der Waals surface area contributed by atoms with Gasteiger partial charge in [-0.2, -0.15) is 0 Å². The highest BCUT2D eigenvalue weighted by Crippen LogP contribution is 2.36. The quantitative estimate of drug-likeness (QED) is 0.412. The Kier molecular flexibility index (Phi) is 7.96. The van der Waals surface area contributed by atoms with Gasteiger partial charge in [0, 0.05) is 0 Å². The molecule has 0 amide bonds. The van der Waals surface area contributed by atoms with E-state index in [0.29, 0.717) is 43.4 Å². The van der Waals surface area contributed by atoms with E-state index in [2.05, 4.69) is 4.99 Å². The maximum atomic E-state index is 13.7. The Morgan fingerprint density at radius 1 is 1.11 bits per heavy atom. The molecule has 1 atom stereocenters. The number of aliphatic carboxylic acids is 1. The zero-order valence-corrected chi connectivity index (χ0v) is 22.0. The average molecular weight is 539 g/mol. The Bertz CT molecular complexity index is 1580. The topological polar surface area (TPSA) is 126 Å². The van der Waals surface area contributed by atoms with Gasteiger partial charge in [-0.3, -0.25) is 9.36 Å². The van der Waals surface area contributed by atoms with E-state index in [9.17, 15) is 14.4 Å². The van der Waals surface area contributed by atoms with E-state index in [1.165, 1.54) is 30.1 Å². The number of benzene rings is 2. The van der Waals surface area contributed by atoms with Crippen molar-refractivity contribution >= 4 is 29.4 Å². The molecule has 2 aromatic carbocycles. The Morgan fingerprint density at radius 2 is 1.82 bits per heavy atom. The highest BCUT2D eigenvalue weighted by Gasteiger charge is 2.33. The summed E-state index contributed by atoms with van der Waals surface area (Å²) in [5.41, 5.74) is 1.73. The Morgan fingerprint density at radius 3 is 2.45 bits per heavy atom. The summed E-state index contributed by atoms with van der Waals surface area (Å²) in [5, 5.41) is 8.77. The minimum absolute atomic E-state index is 0.171. The van der Waals surface area contributed by atoms with Crippen LogP contribution in [0.5, 0.6) is 17.2 Å². The number of carbonyl (C=O) groups is 2. The SMILES string of the molecule is CCOC(=O)C1=C(C)N=c2s/c(=C\c3ccc(OCC(=O)O)cc3)c(=O)n2C1c1ccc(OC)c(OC)c1. The third-order valence-electron chi connectivity index (χ3n) is 5.78. The van der Waals surface area contributed by atoms with Gasteiger partial charge < -0.3 is 24.1 Å². The second-order valence-electron chi connectivity index (χ2n) is 8.17. The van der Waals surface area contributed by atoms with Gasteiger partial charge >= 0.3 is 11.9 Å². The van der Waals surface area contributed by atoms with Crippen molar-refractivity contribution in [2.45, 2.75) is 19.9 Å². The fraction of sp³-hybridized carbons (Fsp3) is 0.259. The van der Waals surface area contributed by atoms with Crippen LogP contribution in [0, 0.1) is 0 Å². The van der Waals surface area contributed by atoms with Gasteiger partial charge in [0.1, 0.15) is 5.75 Å². The number of nitrogens with zero attached hydrogens (tertiary/aromatic N) is 2. The molecule has 0 saturated heterocycles. The molecule has 1 aliphatic heterocycles. The van der Waals surface area contributed by atoms with Gasteiger partial charge in [0.2, 0.25) is 0 Å². The first-order chi connectivity index (χ1) is 18.3. The fourth-order valence-electron chi connectivity index (χ4n) is 4.09. The molecule has 11 heteroatoms. The van der Waals surface area contributed by atoms with Gasteiger partial charge in [0.05, 0.1) is 42.7 Å². The minimum Gasteiger partial charge on any atom is -0.493 e. The van der Waals surface area contributed by atoms with E-state index in [4.69, 9.17) is 24.1 Å². The minimum atomic E-state index is -1.07. The van der Waals surface area contributed by atoms with Crippen molar-refractivity contribution in [1.82, 2.24) is 4.57 Å². The van der Waals surface area contributed by atoms with E-state index in [0.717, 1.165) is 0 Å². The van der Waals surface area contributed by atoms with Crippen LogP contribution in [-0.4, -0.2) is 49.0 Å². The van der Waals surface area contributed by atoms with E-state index in [1.807, 2.05) is 0 Å². The molecule has 3 aromatic rings. The number of carboxylic acid groups (broad SMARTS) is 1. The van der Waals surface area contributed by atoms with Crippen molar-refractivity contribution in [3.05, 3.63) is 84.5 Å². The van der Waals surface area contributed by atoms with Crippen molar-refractivity contribution < 1.29 is 33.6 Å². The molecule has 0 fully saturated rings. The standard InChI is InChI=1S/C27H26N2O8S/c1-5-36-26(33)23-15(2)28-27-29(24(23)17-8-11-19(34-3)20(13-17)35-4)25(32)21(38-27)12-16-6-9-18(10-7-16)37-14-22(30)31/h6-13,24H,5,14H2,1-4H3,(H,30,31)/b21-12-. The maximum absolute atomic E-state index is 13.7. The molecule has 38 heavy (non-hydrogen) atoms. The second kappa shape index (κ2) is 11.3. The molecule has 0 saturated carbocycles. The maximum Gasteiger partial charge on any atom is 0.341 e.